The van der Waals surface area contributed by atoms with Gasteiger partial charge in [-0.05, 0) is 57.2 Å². The molecule has 0 N–H and O–H groups in total. The Kier molecular flexibility index (Phi) is 4.50. The second kappa shape index (κ2) is 6.93. The number of piperidine rings is 1. The van der Waals surface area contributed by atoms with Crippen LogP contribution in [-0.4, -0.2) is 51.5 Å². The number of aromatic nitrogens is 4. The Hall–Kier alpha value is -2.25. The molecule has 0 unspecified atom stereocenters. The third kappa shape index (κ3) is 3.29. The van der Waals surface area contributed by atoms with Gasteiger partial charge in [0.1, 0.15) is 17.4 Å². The molecule has 0 aliphatic carbocycles. The van der Waals surface area contributed by atoms with Gasteiger partial charge in [0.05, 0.1) is 0 Å². The first-order valence-corrected chi connectivity index (χ1v) is 9.31. The van der Waals surface area contributed by atoms with Gasteiger partial charge >= 0.3 is 0 Å². The number of ether oxygens (including phenoxy) is 1. The molecule has 4 rings (SSSR count). The molecule has 0 spiro atoms. The van der Waals surface area contributed by atoms with Gasteiger partial charge in [0.25, 0.3) is 0 Å². The number of nitrogens with zero attached hydrogens (tertiary/aromatic N) is 5. The van der Waals surface area contributed by atoms with E-state index in [0.29, 0.717) is 12.5 Å². The molecule has 3 aromatic rings. The number of fused-ring (bicyclic) bond motifs is 1. The van der Waals surface area contributed by atoms with E-state index >= 15 is 0 Å². The highest BCUT2D eigenvalue weighted by Crippen LogP contribution is 2.31. The smallest absolute Gasteiger partial charge is 0.234 e. The third-order valence-corrected chi connectivity index (χ3v) is 5.52. The summed E-state index contributed by atoms with van der Waals surface area (Å²) in [4.78, 5) is 3.22. The van der Waals surface area contributed by atoms with Crippen molar-refractivity contribution in [3.05, 3.63) is 42.7 Å². The number of benzene rings is 1. The number of rotatable bonds is 5. The van der Waals surface area contributed by atoms with Crippen LogP contribution in [0.1, 0.15) is 24.6 Å². The summed E-state index contributed by atoms with van der Waals surface area (Å²) < 4.78 is 7.46. The Bertz CT molecular complexity index is 861. The molecule has 0 bridgehead atoms. The maximum atomic E-state index is 5.53. The average molecular weight is 355 g/mol. The molecule has 25 heavy (non-hydrogen) atoms. The fourth-order valence-electron chi connectivity index (χ4n) is 3.12. The van der Waals surface area contributed by atoms with E-state index in [1.54, 1.807) is 17.4 Å². The van der Waals surface area contributed by atoms with Crippen LogP contribution in [0.4, 0.5) is 0 Å². The molecule has 130 valence electrons. The van der Waals surface area contributed by atoms with Crippen molar-refractivity contribution in [2.24, 2.45) is 0 Å². The number of likely N-dealkylation sites (tertiary alicyclic amines) is 1. The normalized spacial score (nSPS) is 16.4. The molecule has 1 aromatic carbocycles. The highest BCUT2D eigenvalue weighted by Gasteiger charge is 2.24. The van der Waals surface area contributed by atoms with Crippen LogP contribution in [0.15, 0.2) is 36.9 Å². The average Bonchev–Trinajstić information content (AvgIpc) is 3.22. The lowest BCUT2D eigenvalue weighted by molar-refractivity contribution is 0.250. The second-order valence-electron chi connectivity index (χ2n) is 6.36. The Morgan fingerprint density at radius 3 is 2.72 bits per heavy atom. The first-order valence-electron chi connectivity index (χ1n) is 8.49. The van der Waals surface area contributed by atoms with Crippen LogP contribution in [0, 0.1) is 0 Å². The standard InChI is InChI=1S/C18H21N5OS/c1-3-12-24-15-6-4-14(5-7-15)17-21-23-16(19-20-18(23)25-17)13-8-10-22(2)11-9-13/h3-7,13H,1,8-12H2,2H3. The maximum Gasteiger partial charge on any atom is 0.234 e. The molecule has 1 fully saturated rings. The summed E-state index contributed by atoms with van der Waals surface area (Å²) in [7, 11) is 2.17. The Labute approximate surface area is 150 Å². The van der Waals surface area contributed by atoms with Crippen LogP contribution < -0.4 is 4.74 Å². The van der Waals surface area contributed by atoms with E-state index in [0.717, 1.165) is 53.0 Å². The molecule has 3 heterocycles. The molecule has 0 amide bonds. The van der Waals surface area contributed by atoms with Crippen molar-refractivity contribution in [1.82, 2.24) is 24.7 Å². The Morgan fingerprint density at radius 2 is 2.00 bits per heavy atom. The fraction of sp³-hybridized carbons (Fsp3) is 0.389. The first kappa shape index (κ1) is 16.2. The Morgan fingerprint density at radius 1 is 1.24 bits per heavy atom. The van der Waals surface area contributed by atoms with Crippen LogP contribution in [0.3, 0.4) is 0 Å². The largest absolute Gasteiger partial charge is 0.490 e. The van der Waals surface area contributed by atoms with Crippen molar-refractivity contribution >= 4 is 16.3 Å². The monoisotopic (exact) mass is 355 g/mol. The van der Waals surface area contributed by atoms with Crippen molar-refractivity contribution in [3.8, 4) is 16.3 Å². The van der Waals surface area contributed by atoms with Gasteiger partial charge in [-0.2, -0.15) is 9.61 Å². The van der Waals surface area contributed by atoms with Gasteiger partial charge < -0.3 is 9.64 Å². The van der Waals surface area contributed by atoms with E-state index < -0.39 is 0 Å². The molecule has 1 aliphatic rings. The van der Waals surface area contributed by atoms with Crippen molar-refractivity contribution in [2.75, 3.05) is 26.7 Å². The zero-order valence-corrected chi connectivity index (χ0v) is 15.1. The topological polar surface area (TPSA) is 55.6 Å². The lowest BCUT2D eigenvalue weighted by Crippen LogP contribution is -2.30. The van der Waals surface area contributed by atoms with E-state index in [4.69, 9.17) is 9.84 Å². The van der Waals surface area contributed by atoms with Crippen molar-refractivity contribution in [1.29, 1.82) is 0 Å². The van der Waals surface area contributed by atoms with Gasteiger partial charge in [0.2, 0.25) is 4.96 Å². The minimum atomic E-state index is 0.441. The molecule has 0 atom stereocenters. The van der Waals surface area contributed by atoms with Gasteiger partial charge in [-0.15, -0.1) is 10.2 Å². The highest BCUT2D eigenvalue weighted by molar-refractivity contribution is 7.19. The molecule has 7 heteroatoms. The summed E-state index contributed by atoms with van der Waals surface area (Å²) in [6.45, 7) is 6.37. The predicted molar refractivity (Wildman–Crippen MR) is 99.3 cm³/mol. The zero-order chi connectivity index (χ0) is 17.2. The van der Waals surface area contributed by atoms with Gasteiger partial charge in [-0.3, -0.25) is 0 Å². The summed E-state index contributed by atoms with van der Waals surface area (Å²) in [6, 6.07) is 7.97. The van der Waals surface area contributed by atoms with E-state index in [1.165, 1.54) is 0 Å². The van der Waals surface area contributed by atoms with Crippen LogP contribution in [0.25, 0.3) is 15.5 Å². The van der Waals surface area contributed by atoms with Crippen molar-refractivity contribution < 1.29 is 4.74 Å². The summed E-state index contributed by atoms with van der Waals surface area (Å²) in [5, 5.41) is 14.5. The van der Waals surface area contributed by atoms with Gasteiger partial charge in [-0.25, -0.2) is 0 Å². The lowest BCUT2D eigenvalue weighted by Gasteiger charge is -2.27. The first-order chi connectivity index (χ1) is 12.2. The number of hydrogen-bond donors (Lipinski definition) is 0. The molecular weight excluding hydrogens is 334 g/mol. The molecule has 6 nitrogen and oxygen atoms in total. The SMILES string of the molecule is C=CCOc1ccc(-c2nn3c(C4CCN(C)CC4)nnc3s2)cc1. The highest BCUT2D eigenvalue weighted by atomic mass is 32.1. The molecular formula is C18H21N5OS. The zero-order valence-electron chi connectivity index (χ0n) is 14.3. The predicted octanol–water partition coefficient (Wildman–Crippen LogP) is 3.23. The minimum Gasteiger partial charge on any atom is -0.490 e. The third-order valence-electron chi connectivity index (χ3n) is 4.57. The molecule has 2 aromatic heterocycles. The van der Waals surface area contributed by atoms with E-state index in [9.17, 15) is 0 Å². The maximum absolute atomic E-state index is 5.53. The molecule has 0 saturated carbocycles. The fourth-order valence-corrected chi connectivity index (χ4v) is 3.97. The summed E-state index contributed by atoms with van der Waals surface area (Å²) in [5.41, 5.74) is 1.07. The van der Waals surface area contributed by atoms with Crippen LogP contribution >= 0.6 is 11.3 Å². The minimum absolute atomic E-state index is 0.441. The van der Waals surface area contributed by atoms with E-state index in [1.807, 2.05) is 28.8 Å². The Balaban J connectivity index is 1.58. The van der Waals surface area contributed by atoms with Gasteiger partial charge in [0, 0.05) is 11.5 Å². The number of hydrogen-bond acceptors (Lipinski definition) is 6. The van der Waals surface area contributed by atoms with Gasteiger partial charge in [-0.1, -0.05) is 24.0 Å². The summed E-state index contributed by atoms with van der Waals surface area (Å²) >= 11 is 1.57. The van der Waals surface area contributed by atoms with E-state index in [-0.39, 0.29) is 0 Å². The summed E-state index contributed by atoms with van der Waals surface area (Å²) in [5.74, 6) is 2.27. The van der Waals surface area contributed by atoms with Crippen LogP contribution in [0.2, 0.25) is 0 Å². The van der Waals surface area contributed by atoms with Crippen molar-refractivity contribution in [2.45, 2.75) is 18.8 Å². The van der Waals surface area contributed by atoms with E-state index in [2.05, 4.69) is 28.7 Å². The van der Waals surface area contributed by atoms with Crippen LogP contribution in [-0.2, 0) is 0 Å². The quantitative estimate of drug-likeness (QED) is 0.658. The lowest BCUT2D eigenvalue weighted by atomic mass is 9.96. The second-order valence-corrected chi connectivity index (χ2v) is 7.32. The van der Waals surface area contributed by atoms with Crippen LogP contribution in [0.5, 0.6) is 5.75 Å². The molecule has 0 radical (unpaired) electrons. The molecule has 1 aliphatic heterocycles. The van der Waals surface area contributed by atoms with Gasteiger partial charge in [0.15, 0.2) is 5.82 Å². The molecule has 1 saturated heterocycles. The van der Waals surface area contributed by atoms with Crippen molar-refractivity contribution in [3.63, 3.8) is 0 Å². The summed E-state index contributed by atoms with van der Waals surface area (Å²) in [6.07, 6.45) is 3.96.